The van der Waals surface area contributed by atoms with Gasteiger partial charge in [-0.25, -0.2) is 0 Å². The van der Waals surface area contributed by atoms with E-state index >= 15 is 0 Å². The molecule has 0 N–H and O–H groups in total. The van der Waals surface area contributed by atoms with E-state index in [2.05, 4.69) is 92.4 Å². The van der Waals surface area contributed by atoms with Crippen molar-refractivity contribution < 1.29 is 4.42 Å². The second kappa shape index (κ2) is 6.16. The summed E-state index contributed by atoms with van der Waals surface area (Å²) < 4.78 is 6.31. The molecule has 28 heavy (non-hydrogen) atoms. The van der Waals surface area contributed by atoms with Gasteiger partial charge >= 0.3 is 0 Å². The number of nitrogens with zero attached hydrogens (tertiary/aromatic N) is 2. The number of hydrogen-bond donors (Lipinski definition) is 0. The predicted octanol–water partition coefficient (Wildman–Crippen LogP) is 6.66. The summed E-state index contributed by atoms with van der Waals surface area (Å²) in [6, 6.07) is 19.3. The van der Waals surface area contributed by atoms with Crippen molar-refractivity contribution in [1.29, 1.82) is 0 Å². The molecule has 0 radical (unpaired) electrons. The first-order valence-corrected chi connectivity index (χ1v) is 9.78. The third-order valence-corrected chi connectivity index (χ3v) is 5.80. The molecule has 3 nitrogen and oxygen atoms in total. The van der Waals surface area contributed by atoms with Crippen LogP contribution in [0.25, 0.3) is 21.9 Å². The highest BCUT2D eigenvalue weighted by Crippen LogP contribution is 2.40. The average Bonchev–Trinajstić information content (AvgIpc) is 3.23. The van der Waals surface area contributed by atoms with Crippen molar-refractivity contribution in [3.8, 4) is 0 Å². The molecule has 1 aliphatic rings. The van der Waals surface area contributed by atoms with Crippen LogP contribution in [-0.4, -0.2) is 6.17 Å². The second-order valence-corrected chi connectivity index (χ2v) is 7.74. The minimum Gasteiger partial charge on any atom is -0.454 e. The van der Waals surface area contributed by atoms with E-state index in [4.69, 9.17) is 4.42 Å². The highest BCUT2D eigenvalue weighted by Gasteiger charge is 2.28. The van der Waals surface area contributed by atoms with E-state index in [-0.39, 0.29) is 6.17 Å². The van der Waals surface area contributed by atoms with Crippen molar-refractivity contribution in [1.82, 2.24) is 0 Å². The zero-order valence-electron chi connectivity index (χ0n) is 16.7. The first-order valence-electron chi connectivity index (χ1n) is 9.78. The number of aryl methyl sites for hydroxylation is 3. The summed E-state index contributed by atoms with van der Waals surface area (Å²) in [5.41, 5.74) is 8.07. The van der Waals surface area contributed by atoms with Gasteiger partial charge in [0.05, 0.1) is 5.69 Å². The van der Waals surface area contributed by atoms with E-state index in [0.717, 1.165) is 16.9 Å². The molecule has 0 spiro atoms. The van der Waals surface area contributed by atoms with Gasteiger partial charge in [-0.05, 0) is 51.0 Å². The monoisotopic (exact) mass is 368 g/mol. The van der Waals surface area contributed by atoms with Gasteiger partial charge in [-0.2, -0.15) is 0 Å². The Morgan fingerprint density at radius 3 is 2.39 bits per heavy atom. The zero-order valence-corrected chi connectivity index (χ0v) is 16.7. The number of anilines is 2. The van der Waals surface area contributed by atoms with Crippen LogP contribution in [0.3, 0.4) is 0 Å². The van der Waals surface area contributed by atoms with Crippen molar-refractivity contribution in [2.45, 2.75) is 33.9 Å². The van der Waals surface area contributed by atoms with Crippen molar-refractivity contribution in [3.63, 3.8) is 0 Å². The van der Waals surface area contributed by atoms with E-state index < -0.39 is 0 Å². The lowest BCUT2D eigenvalue weighted by Crippen LogP contribution is -2.36. The lowest BCUT2D eigenvalue weighted by Gasteiger charge is -2.31. The Morgan fingerprint density at radius 1 is 0.786 bits per heavy atom. The summed E-state index contributed by atoms with van der Waals surface area (Å²) in [6.45, 7) is 8.71. The largest absolute Gasteiger partial charge is 0.454 e. The molecule has 0 bridgehead atoms. The fraction of sp³-hybridized carbons (Fsp3) is 0.200. The number of hydrogen-bond acceptors (Lipinski definition) is 3. The SMILES string of the molecule is Cc1ccc(N2C=CN(c3c(C)ccc4c3oc3ccccc34)[C@H]2C)c(C)c1. The molecule has 0 aliphatic carbocycles. The maximum absolute atomic E-state index is 6.31. The third-order valence-electron chi connectivity index (χ3n) is 5.80. The lowest BCUT2D eigenvalue weighted by atomic mass is 10.1. The minimum absolute atomic E-state index is 0.166. The molecule has 1 aromatic heterocycles. The first kappa shape index (κ1) is 16.9. The smallest absolute Gasteiger partial charge is 0.159 e. The molecule has 4 aromatic rings. The zero-order chi connectivity index (χ0) is 19.4. The van der Waals surface area contributed by atoms with Crippen LogP contribution in [0.1, 0.15) is 23.6 Å². The quantitative estimate of drug-likeness (QED) is 0.395. The molecular formula is C25H24N2O. The highest BCUT2D eigenvalue weighted by molar-refractivity contribution is 6.09. The average molecular weight is 368 g/mol. The Bertz CT molecular complexity index is 1230. The third kappa shape index (κ3) is 2.43. The minimum atomic E-state index is 0.166. The molecule has 0 unspecified atom stereocenters. The molecule has 5 rings (SSSR count). The fourth-order valence-corrected chi connectivity index (χ4v) is 4.36. The van der Waals surface area contributed by atoms with Crippen molar-refractivity contribution in [2.24, 2.45) is 0 Å². The summed E-state index contributed by atoms with van der Waals surface area (Å²) in [4.78, 5) is 4.65. The van der Waals surface area contributed by atoms with Crippen LogP contribution in [0.4, 0.5) is 11.4 Å². The summed E-state index contributed by atoms with van der Waals surface area (Å²) in [5, 5.41) is 2.34. The van der Waals surface area contributed by atoms with E-state index in [1.165, 1.54) is 33.2 Å². The van der Waals surface area contributed by atoms with E-state index in [9.17, 15) is 0 Å². The van der Waals surface area contributed by atoms with Gasteiger partial charge in [0.2, 0.25) is 0 Å². The molecule has 2 heterocycles. The van der Waals surface area contributed by atoms with Gasteiger partial charge in [-0.3, -0.25) is 0 Å². The standard InChI is InChI=1S/C25H24N2O/c1-16-9-12-22(18(3)15-16)26-13-14-27(19(26)4)24-17(2)10-11-21-20-7-5-6-8-23(20)28-25(21)24/h5-15,19H,1-4H3/t19-/m0/s1. The Morgan fingerprint density at radius 2 is 1.57 bits per heavy atom. The van der Waals surface area contributed by atoms with Gasteiger partial charge in [-0.15, -0.1) is 0 Å². The van der Waals surface area contributed by atoms with E-state index in [1.54, 1.807) is 0 Å². The summed E-state index contributed by atoms with van der Waals surface area (Å²) in [7, 11) is 0. The molecular weight excluding hydrogens is 344 g/mol. The second-order valence-electron chi connectivity index (χ2n) is 7.74. The van der Waals surface area contributed by atoms with E-state index in [1.807, 2.05) is 12.1 Å². The number of benzene rings is 3. The number of furan rings is 1. The van der Waals surface area contributed by atoms with Gasteiger partial charge in [-0.1, -0.05) is 48.0 Å². The Hall–Kier alpha value is -3.20. The highest BCUT2D eigenvalue weighted by atomic mass is 16.3. The fourth-order valence-electron chi connectivity index (χ4n) is 4.36. The Labute approximate surface area is 165 Å². The maximum atomic E-state index is 6.31. The molecule has 0 amide bonds. The van der Waals surface area contributed by atoms with Crippen molar-refractivity contribution >= 4 is 33.3 Å². The molecule has 0 saturated heterocycles. The predicted molar refractivity (Wildman–Crippen MR) is 118 cm³/mol. The van der Waals surface area contributed by atoms with Crippen LogP contribution < -0.4 is 9.80 Å². The number of fused-ring (bicyclic) bond motifs is 3. The van der Waals surface area contributed by atoms with Gasteiger partial charge < -0.3 is 14.2 Å². The molecule has 3 heteroatoms. The molecule has 140 valence electrons. The Balaban J connectivity index is 1.63. The first-order chi connectivity index (χ1) is 13.5. The maximum Gasteiger partial charge on any atom is 0.159 e. The molecule has 1 atom stereocenters. The van der Waals surface area contributed by atoms with Gasteiger partial charge in [0, 0.05) is 28.9 Å². The van der Waals surface area contributed by atoms with Crippen molar-refractivity contribution in [2.75, 3.05) is 9.80 Å². The summed E-state index contributed by atoms with van der Waals surface area (Å²) in [6.07, 6.45) is 4.50. The van der Waals surface area contributed by atoms with Gasteiger partial charge in [0.1, 0.15) is 11.7 Å². The number of para-hydroxylation sites is 1. The van der Waals surface area contributed by atoms with Crippen LogP contribution in [0, 0.1) is 20.8 Å². The topological polar surface area (TPSA) is 19.6 Å². The molecule has 3 aromatic carbocycles. The van der Waals surface area contributed by atoms with Crippen LogP contribution in [0.2, 0.25) is 0 Å². The summed E-state index contributed by atoms with van der Waals surface area (Å²) in [5.74, 6) is 0. The Kier molecular flexibility index (Phi) is 3.73. The van der Waals surface area contributed by atoms with Crippen LogP contribution in [-0.2, 0) is 0 Å². The summed E-state index contributed by atoms with van der Waals surface area (Å²) >= 11 is 0. The van der Waals surface area contributed by atoms with Gasteiger partial charge in [0.25, 0.3) is 0 Å². The van der Waals surface area contributed by atoms with Gasteiger partial charge in [0.15, 0.2) is 5.58 Å². The van der Waals surface area contributed by atoms with Crippen LogP contribution >= 0.6 is 0 Å². The normalized spacial score (nSPS) is 16.6. The number of rotatable bonds is 2. The lowest BCUT2D eigenvalue weighted by molar-refractivity contribution is 0.662. The molecule has 1 aliphatic heterocycles. The van der Waals surface area contributed by atoms with E-state index in [0.29, 0.717) is 0 Å². The van der Waals surface area contributed by atoms with Crippen molar-refractivity contribution in [3.05, 3.63) is 83.7 Å². The van der Waals surface area contributed by atoms with Crippen LogP contribution in [0.15, 0.2) is 71.4 Å². The molecule has 0 saturated carbocycles. The molecule has 0 fully saturated rings. The van der Waals surface area contributed by atoms with Crippen LogP contribution in [0.5, 0.6) is 0 Å².